The van der Waals surface area contributed by atoms with Crippen molar-refractivity contribution in [3.8, 4) is 0 Å². The molecule has 0 atom stereocenters. The Labute approximate surface area is 112 Å². The van der Waals surface area contributed by atoms with Crippen LogP contribution in [0.15, 0.2) is 0 Å². The Kier molecular flexibility index (Phi) is 5.05. The summed E-state index contributed by atoms with van der Waals surface area (Å²) in [4.78, 5) is 2.39. The molecule has 0 aromatic rings. The number of likely N-dealkylation sites (tertiary alicyclic amines) is 1. The molecule has 1 saturated heterocycles. The SMILES string of the molecule is CCC1CCC(O)(CNC2CCN(C)CC2)CC1. The zero-order chi connectivity index (χ0) is 13.0. The van der Waals surface area contributed by atoms with Gasteiger partial charge in [-0.1, -0.05) is 13.3 Å². The third kappa shape index (κ3) is 3.94. The molecule has 0 spiro atoms. The van der Waals surface area contributed by atoms with Crippen LogP contribution in [0, 0.1) is 5.92 Å². The predicted molar refractivity (Wildman–Crippen MR) is 75.7 cm³/mol. The lowest BCUT2D eigenvalue weighted by Gasteiger charge is -2.38. The summed E-state index contributed by atoms with van der Waals surface area (Å²) in [6.45, 7) is 5.45. The number of hydrogen-bond acceptors (Lipinski definition) is 3. The summed E-state index contributed by atoms with van der Waals surface area (Å²) in [6, 6.07) is 0.620. The molecule has 0 unspecified atom stereocenters. The number of hydrogen-bond donors (Lipinski definition) is 2. The summed E-state index contributed by atoms with van der Waals surface area (Å²) in [6.07, 6.45) is 8.13. The van der Waals surface area contributed by atoms with Crippen molar-refractivity contribution in [1.29, 1.82) is 0 Å². The summed E-state index contributed by atoms with van der Waals surface area (Å²) >= 11 is 0. The Bertz CT molecular complexity index is 241. The van der Waals surface area contributed by atoms with Crippen LogP contribution in [0.4, 0.5) is 0 Å². The van der Waals surface area contributed by atoms with Gasteiger partial charge in [0.2, 0.25) is 0 Å². The second-order valence-electron chi connectivity index (χ2n) is 6.53. The van der Waals surface area contributed by atoms with Gasteiger partial charge in [-0.15, -0.1) is 0 Å². The lowest BCUT2D eigenvalue weighted by atomic mass is 9.77. The van der Waals surface area contributed by atoms with Crippen LogP contribution < -0.4 is 5.32 Å². The monoisotopic (exact) mass is 254 g/mol. The maximum absolute atomic E-state index is 10.6. The minimum atomic E-state index is -0.422. The van der Waals surface area contributed by atoms with Gasteiger partial charge in [-0.3, -0.25) is 0 Å². The van der Waals surface area contributed by atoms with E-state index in [1.807, 2.05) is 0 Å². The van der Waals surface area contributed by atoms with Crippen LogP contribution in [0.3, 0.4) is 0 Å². The molecule has 1 aliphatic carbocycles. The highest BCUT2D eigenvalue weighted by Crippen LogP contribution is 2.33. The lowest BCUT2D eigenvalue weighted by Crippen LogP contribution is -2.49. The number of rotatable bonds is 4. The van der Waals surface area contributed by atoms with E-state index < -0.39 is 5.60 Å². The van der Waals surface area contributed by atoms with Crippen molar-refractivity contribution in [3.05, 3.63) is 0 Å². The van der Waals surface area contributed by atoms with Crippen molar-refractivity contribution < 1.29 is 5.11 Å². The smallest absolute Gasteiger partial charge is 0.0771 e. The number of aliphatic hydroxyl groups is 1. The highest BCUT2D eigenvalue weighted by atomic mass is 16.3. The molecule has 1 heterocycles. The molecule has 0 amide bonds. The fraction of sp³-hybridized carbons (Fsp3) is 1.00. The molecule has 3 heteroatoms. The molecule has 0 bridgehead atoms. The van der Waals surface area contributed by atoms with E-state index in [1.54, 1.807) is 0 Å². The van der Waals surface area contributed by atoms with E-state index in [9.17, 15) is 5.11 Å². The number of nitrogens with zero attached hydrogens (tertiary/aromatic N) is 1. The van der Waals surface area contributed by atoms with Gasteiger partial charge in [0.1, 0.15) is 0 Å². The van der Waals surface area contributed by atoms with Crippen LogP contribution in [0.2, 0.25) is 0 Å². The van der Waals surface area contributed by atoms with Gasteiger partial charge in [-0.25, -0.2) is 0 Å². The third-order valence-corrected chi connectivity index (χ3v) is 5.05. The Hall–Kier alpha value is -0.120. The lowest BCUT2D eigenvalue weighted by molar-refractivity contribution is -0.0120. The Balaban J connectivity index is 1.69. The second kappa shape index (κ2) is 6.36. The molecule has 18 heavy (non-hydrogen) atoms. The third-order valence-electron chi connectivity index (χ3n) is 5.05. The minimum absolute atomic E-state index is 0.422. The topological polar surface area (TPSA) is 35.5 Å². The van der Waals surface area contributed by atoms with Crippen molar-refractivity contribution in [2.75, 3.05) is 26.7 Å². The van der Waals surface area contributed by atoms with Crippen LogP contribution in [0.5, 0.6) is 0 Å². The van der Waals surface area contributed by atoms with E-state index in [4.69, 9.17) is 0 Å². The van der Waals surface area contributed by atoms with Crippen LogP contribution >= 0.6 is 0 Å². The molecule has 3 nitrogen and oxygen atoms in total. The maximum atomic E-state index is 10.6. The molecule has 1 saturated carbocycles. The molecule has 1 aliphatic heterocycles. The van der Waals surface area contributed by atoms with Crippen molar-refractivity contribution >= 4 is 0 Å². The molecule has 0 aromatic carbocycles. The first-order valence-corrected chi connectivity index (χ1v) is 7.75. The van der Waals surface area contributed by atoms with Crippen molar-refractivity contribution in [1.82, 2.24) is 10.2 Å². The highest BCUT2D eigenvalue weighted by molar-refractivity contribution is 4.89. The predicted octanol–water partition coefficient (Wildman–Crippen LogP) is 2.00. The van der Waals surface area contributed by atoms with Gasteiger partial charge in [-0.2, -0.15) is 0 Å². The van der Waals surface area contributed by atoms with E-state index in [2.05, 4.69) is 24.2 Å². The Morgan fingerprint density at radius 3 is 2.33 bits per heavy atom. The molecule has 106 valence electrons. The van der Waals surface area contributed by atoms with Gasteiger partial charge >= 0.3 is 0 Å². The van der Waals surface area contributed by atoms with Gasteiger partial charge in [-0.05, 0) is 64.6 Å². The van der Waals surface area contributed by atoms with Gasteiger partial charge in [0.15, 0.2) is 0 Å². The van der Waals surface area contributed by atoms with Crippen LogP contribution in [0.25, 0.3) is 0 Å². The molecular weight excluding hydrogens is 224 g/mol. The molecule has 2 N–H and O–H groups in total. The summed E-state index contributed by atoms with van der Waals surface area (Å²) in [5.74, 6) is 0.855. The molecule has 2 rings (SSSR count). The zero-order valence-electron chi connectivity index (χ0n) is 12.1. The fourth-order valence-corrected chi connectivity index (χ4v) is 3.35. The summed E-state index contributed by atoms with van der Waals surface area (Å²) in [5.41, 5.74) is -0.422. The quantitative estimate of drug-likeness (QED) is 0.805. The maximum Gasteiger partial charge on any atom is 0.0771 e. The van der Waals surface area contributed by atoms with E-state index >= 15 is 0 Å². The largest absolute Gasteiger partial charge is 0.389 e. The van der Waals surface area contributed by atoms with Crippen molar-refractivity contribution in [3.63, 3.8) is 0 Å². The number of nitrogens with one attached hydrogen (secondary N) is 1. The highest BCUT2D eigenvalue weighted by Gasteiger charge is 2.33. The van der Waals surface area contributed by atoms with Gasteiger partial charge in [0.25, 0.3) is 0 Å². The average molecular weight is 254 g/mol. The van der Waals surface area contributed by atoms with E-state index in [-0.39, 0.29) is 0 Å². The van der Waals surface area contributed by atoms with Crippen molar-refractivity contribution in [2.24, 2.45) is 5.92 Å². The second-order valence-corrected chi connectivity index (χ2v) is 6.53. The standard InChI is InChI=1S/C15H30N2O/c1-3-13-4-8-15(18,9-5-13)12-16-14-6-10-17(2)11-7-14/h13-14,16,18H,3-12H2,1-2H3. The van der Waals surface area contributed by atoms with Crippen LogP contribution in [-0.4, -0.2) is 48.3 Å². The van der Waals surface area contributed by atoms with E-state index in [0.29, 0.717) is 6.04 Å². The van der Waals surface area contributed by atoms with Crippen LogP contribution in [-0.2, 0) is 0 Å². The zero-order valence-corrected chi connectivity index (χ0v) is 12.1. The van der Waals surface area contributed by atoms with Gasteiger partial charge in [0, 0.05) is 12.6 Å². The first-order chi connectivity index (χ1) is 8.61. The summed E-state index contributed by atoms with van der Waals surface area (Å²) in [7, 11) is 2.19. The first kappa shape index (κ1) is 14.3. The molecule has 2 aliphatic rings. The van der Waals surface area contributed by atoms with Crippen molar-refractivity contribution in [2.45, 2.75) is 63.5 Å². The molecule has 0 radical (unpaired) electrons. The average Bonchev–Trinajstić information content (AvgIpc) is 2.39. The minimum Gasteiger partial charge on any atom is -0.389 e. The van der Waals surface area contributed by atoms with E-state index in [1.165, 1.54) is 45.2 Å². The Morgan fingerprint density at radius 1 is 1.17 bits per heavy atom. The molecule has 0 aromatic heterocycles. The molecular formula is C15H30N2O. The molecule has 2 fully saturated rings. The number of piperidine rings is 1. The normalized spacial score (nSPS) is 35.8. The van der Waals surface area contributed by atoms with Crippen LogP contribution in [0.1, 0.15) is 51.9 Å². The fourth-order valence-electron chi connectivity index (χ4n) is 3.35. The Morgan fingerprint density at radius 2 is 1.78 bits per heavy atom. The summed E-state index contributed by atoms with van der Waals surface area (Å²) < 4.78 is 0. The van der Waals surface area contributed by atoms with Gasteiger partial charge in [0.05, 0.1) is 5.60 Å². The van der Waals surface area contributed by atoms with E-state index in [0.717, 1.165) is 25.3 Å². The first-order valence-electron chi connectivity index (χ1n) is 7.75. The van der Waals surface area contributed by atoms with Gasteiger partial charge < -0.3 is 15.3 Å². The summed E-state index contributed by atoms with van der Waals surface area (Å²) in [5, 5.41) is 14.2.